The van der Waals surface area contributed by atoms with Gasteiger partial charge in [-0.2, -0.15) is 21.6 Å². The summed E-state index contributed by atoms with van der Waals surface area (Å²) in [6.45, 7) is 0. The first-order valence-electron chi connectivity index (χ1n) is 3.46. The Kier molecular flexibility index (Phi) is 2.75. The van der Waals surface area contributed by atoms with Crippen LogP contribution in [0, 0.1) is 5.82 Å². The zero-order valence-corrected chi connectivity index (χ0v) is 7.73. The van der Waals surface area contributed by atoms with Crippen LogP contribution in [0.3, 0.4) is 0 Å². The second-order valence-corrected chi connectivity index (χ2v) is 4.01. The molecule has 3 nitrogen and oxygen atoms in total. The third kappa shape index (κ3) is 2.66. The van der Waals surface area contributed by atoms with Gasteiger partial charge in [0.05, 0.1) is 5.56 Å². The summed E-state index contributed by atoms with van der Waals surface area (Å²) < 4.78 is 78.2. The standard InChI is InChI=1S/C7H4F4O3S/c8-5-3-4(7(9,10)11)1-2-6(5)15(12,13)14/h1-3H,(H,12,13,14). The maximum Gasteiger partial charge on any atom is 0.416 e. The summed E-state index contributed by atoms with van der Waals surface area (Å²) in [5.74, 6) is -1.65. The van der Waals surface area contributed by atoms with Gasteiger partial charge in [-0.15, -0.1) is 0 Å². The monoisotopic (exact) mass is 244 g/mol. The van der Waals surface area contributed by atoms with Crippen LogP contribution in [0.15, 0.2) is 23.1 Å². The van der Waals surface area contributed by atoms with Gasteiger partial charge in [0.1, 0.15) is 10.7 Å². The molecule has 84 valence electrons. The van der Waals surface area contributed by atoms with Gasteiger partial charge in [0, 0.05) is 0 Å². The van der Waals surface area contributed by atoms with Crippen LogP contribution in [0.25, 0.3) is 0 Å². The minimum Gasteiger partial charge on any atom is -0.282 e. The normalized spacial score (nSPS) is 12.9. The van der Waals surface area contributed by atoms with Crippen molar-refractivity contribution in [2.75, 3.05) is 0 Å². The van der Waals surface area contributed by atoms with Crippen molar-refractivity contribution >= 4 is 10.1 Å². The zero-order valence-electron chi connectivity index (χ0n) is 6.92. The smallest absolute Gasteiger partial charge is 0.282 e. The zero-order chi connectivity index (χ0) is 11.9. The van der Waals surface area contributed by atoms with Crippen molar-refractivity contribution in [1.82, 2.24) is 0 Å². The Hall–Kier alpha value is -1.15. The Labute approximate surface area is 82.1 Å². The van der Waals surface area contributed by atoms with Crippen LogP contribution in [0.1, 0.15) is 5.56 Å². The summed E-state index contributed by atoms with van der Waals surface area (Å²) in [7, 11) is -4.84. The van der Waals surface area contributed by atoms with E-state index >= 15 is 0 Å². The van der Waals surface area contributed by atoms with Crippen LogP contribution in [-0.4, -0.2) is 13.0 Å². The first-order valence-corrected chi connectivity index (χ1v) is 4.90. The third-order valence-electron chi connectivity index (χ3n) is 1.54. The Morgan fingerprint density at radius 2 is 1.73 bits per heavy atom. The molecular weight excluding hydrogens is 240 g/mol. The molecule has 0 aromatic heterocycles. The lowest BCUT2D eigenvalue weighted by molar-refractivity contribution is -0.137. The maximum absolute atomic E-state index is 12.8. The highest BCUT2D eigenvalue weighted by atomic mass is 32.2. The molecule has 0 saturated heterocycles. The highest BCUT2D eigenvalue weighted by Crippen LogP contribution is 2.30. The fraction of sp³-hybridized carbons (Fsp3) is 0.143. The van der Waals surface area contributed by atoms with Gasteiger partial charge in [0.25, 0.3) is 10.1 Å². The number of halogens is 4. The molecule has 0 aliphatic rings. The van der Waals surface area contributed by atoms with Gasteiger partial charge in [-0.05, 0) is 18.2 Å². The number of rotatable bonds is 1. The predicted molar refractivity (Wildman–Crippen MR) is 41.2 cm³/mol. The van der Waals surface area contributed by atoms with Crippen LogP contribution in [0.2, 0.25) is 0 Å². The Balaban J connectivity index is 3.34. The number of hydrogen-bond donors (Lipinski definition) is 1. The minimum absolute atomic E-state index is 0.00308. The van der Waals surface area contributed by atoms with Crippen LogP contribution in [0.4, 0.5) is 17.6 Å². The maximum atomic E-state index is 12.8. The first kappa shape index (κ1) is 11.9. The average molecular weight is 244 g/mol. The summed E-state index contributed by atoms with van der Waals surface area (Å²) in [4.78, 5) is -1.18. The van der Waals surface area contributed by atoms with Crippen LogP contribution in [-0.2, 0) is 16.3 Å². The van der Waals surface area contributed by atoms with E-state index in [1.807, 2.05) is 0 Å². The highest BCUT2D eigenvalue weighted by Gasteiger charge is 2.32. The van der Waals surface area contributed by atoms with Crippen molar-refractivity contribution < 1.29 is 30.5 Å². The van der Waals surface area contributed by atoms with E-state index in [4.69, 9.17) is 4.55 Å². The van der Waals surface area contributed by atoms with Gasteiger partial charge in [-0.25, -0.2) is 4.39 Å². The molecule has 1 aromatic rings. The molecule has 1 aromatic carbocycles. The molecule has 1 rings (SSSR count). The van der Waals surface area contributed by atoms with Crippen molar-refractivity contribution in [2.45, 2.75) is 11.1 Å². The molecule has 0 spiro atoms. The molecule has 15 heavy (non-hydrogen) atoms. The summed E-state index contributed by atoms with van der Waals surface area (Å²) in [5.41, 5.74) is -1.33. The van der Waals surface area contributed by atoms with Crippen LogP contribution in [0.5, 0.6) is 0 Å². The van der Waals surface area contributed by atoms with Crippen LogP contribution >= 0.6 is 0 Å². The fourth-order valence-electron chi connectivity index (χ4n) is 0.886. The molecule has 0 unspecified atom stereocenters. The van der Waals surface area contributed by atoms with E-state index in [0.717, 1.165) is 0 Å². The van der Waals surface area contributed by atoms with E-state index in [0.29, 0.717) is 12.1 Å². The van der Waals surface area contributed by atoms with E-state index in [-0.39, 0.29) is 6.07 Å². The lowest BCUT2D eigenvalue weighted by Crippen LogP contribution is -2.08. The first-order chi connectivity index (χ1) is 6.62. The highest BCUT2D eigenvalue weighted by molar-refractivity contribution is 7.85. The van der Waals surface area contributed by atoms with E-state index in [1.54, 1.807) is 0 Å². The Morgan fingerprint density at radius 3 is 2.07 bits per heavy atom. The fourth-order valence-corrected chi connectivity index (χ4v) is 1.43. The molecule has 0 aliphatic heterocycles. The lowest BCUT2D eigenvalue weighted by atomic mass is 10.2. The van der Waals surface area contributed by atoms with Gasteiger partial charge in [-0.1, -0.05) is 0 Å². The van der Waals surface area contributed by atoms with Gasteiger partial charge < -0.3 is 0 Å². The minimum atomic E-state index is -4.84. The third-order valence-corrected chi connectivity index (χ3v) is 2.42. The van der Waals surface area contributed by atoms with Crippen molar-refractivity contribution in [3.05, 3.63) is 29.6 Å². The SMILES string of the molecule is O=S(=O)(O)c1ccc(C(F)(F)F)cc1F. The van der Waals surface area contributed by atoms with Crippen molar-refractivity contribution in [2.24, 2.45) is 0 Å². The molecule has 0 radical (unpaired) electrons. The van der Waals surface area contributed by atoms with Gasteiger partial charge in [-0.3, -0.25) is 4.55 Å². The second-order valence-electron chi connectivity index (χ2n) is 2.62. The summed E-state index contributed by atoms with van der Waals surface area (Å²) in [5, 5.41) is 0. The number of hydrogen-bond acceptors (Lipinski definition) is 2. The molecule has 0 fully saturated rings. The number of benzene rings is 1. The largest absolute Gasteiger partial charge is 0.416 e. The summed E-state index contributed by atoms with van der Waals surface area (Å²) >= 11 is 0. The second kappa shape index (κ2) is 3.46. The molecule has 0 bridgehead atoms. The Bertz CT molecular complexity index is 477. The molecule has 0 saturated carbocycles. The molecule has 8 heteroatoms. The van der Waals surface area contributed by atoms with Crippen molar-refractivity contribution in [1.29, 1.82) is 0 Å². The Morgan fingerprint density at radius 1 is 1.20 bits per heavy atom. The van der Waals surface area contributed by atoms with Crippen molar-refractivity contribution in [3.63, 3.8) is 0 Å². The van der Waals surface area contributed by atoms with E-state index in [9.17, 15) is 26.0 Å². The van der Waals surface area contributed by atoms with Gasteiger partial charge >= 0.3 is 6.18 Å². The van der Waals surface area contributed by atoms with E-state index < -0.39 is 32.6 Å². The van der Waals surface area contributed by atoms with E-state index in [1.165, 1.54) is 0 Å². The predicted octanol–water partition coefficient (Wildman–Crippen LogP) is 2.09. The average Bonchev–Trinajstić information content (AvgIpc) is 1.99. The van der Waals surface area contributed by atoms with Gasteiger partial charge in [0.15, 0.2) is 0 Å². The van der Waals surface area contributed by atoms with E-state index in [2.05, 4.69) is 0 Å². The summed E-state index contributed by atoms with van der Waals surface area (Å²) in [6.07, 6.45) is -4.77. The molecule has 0 amide bonds. The molecule has 0 aliphatic carbocycles. The summed E-state index contributed by atoms with van der Waals surface area (Å²) in [6, 6.07) is 0.725. The van der Waals surface area contributed by atoms with Crippen molar-refractivity contribution in [3.8, 4) is 0 Å². The number of alkyl halides is 3. The lowest BCUT2D eigenvalue weighted by Gasteiger charge is -2.07. The molecule has 0 heterocycles. The molecule has 1 N–H and O–H groups in total. The molecule has 0 atom stereocenters. The van der Waals surface area contributed by atoms with Crippen LogP contribution < -0.4 is 0 Å². The van der Waals surface area contributed by atoms with Gasteiger partial charge in [0.2, 0.25) is 0 Å². The topological polar surface area (TPSA) is 54.4 Å². The molecular formula is C7H4F4O3S. The quantitative estimate of drug-likeness (QED) is 0.608.